The number of hydrogen-bond acceptors (Lipinski definition) is 6. The van der Waals surface area contributed by atoms with Crippen LogP contribution >= 0.6 is 0 Å². The number of aromatic nitrogens is 1. The first-order valence-corrected chi connectivity index (χ1v) is 8.94. The molecule has 0 fully saturated rings. The van der Waals surface area contributed by atoms with Crippen molar-refractivity contribution in [3.05, 3.63) is 76.5 Å². The minimum Gasteiger partial charge on any atom is -0.497 e. The summed E-state index contributed by atoms with van der Waals surface area (Å²) in [5, 5.41) is 0.915. The first kappa shape index (κ1) is 17.9. The lowest BCUT2D eigenvalue weighted by Gasteiger charge is -2.07. The molecular weight excluding hydrogens is 358 g/mol. The van der Waals surface area contributed by atoms with Gasteiger partial charge in [-0.05, 0) is 48.4 Å². The zero-order valence-corrected chi connectivity index (χ0v) is 15.6. The Kier molecular flexibility index (Phi) is 4.85. The summed E-state index contributed by atoms with van der Waals surface area (Å²) in [7, 11) is 1.62. The van der Waals surface area contributed by atoms with Crippen molar-refractivity contribution in [1.29, 1.82) is 0 Å². The van der Waals surface area contributed by atoms with E-state index < -0.39 is 0 Å². The van der Waals surface area contributed by atoms with Crippen LogP contribution in [0.15, 0.2) is 68.4 Å². The highest BCUT2D eigenvalue weighted by Crippen LogP contribution is 2.25. The second kappa shape index (κ2) is 7.60. The standard InChI is InChI=1S/C22H19NO5/c1-3-14-10-21(24)28-20-11-18(8-9-19(14)20)26-12-16-13-27-22(23-16)15-4-6-17(25-2)7-5-15/h4-11,13H,3,12H2,1-2H3. The molecule has 28 heavy (non-hydrogen) atoms. The van der Waals surface area contributed by atoms with Crippen LogP contribution in [0.1, 0.15) is 18.2 Å². The van der Waals surface area contributed by atoms with Gasteiger partial charge in [-0.3, -0.25) is 0 Å². The molecule has 0 spiro atoms. The number of aryl methyl sites for hydroxylation is 1. The largest absolute Gasteiger partial charge is 0.497 e. The van der Waals surface area contributed by atoms with E-state index in [9.17, 15) is 4.79 Å². The minimum absolute atomic E-state index is 0.239. The maximum absolute atomic E-state index is 11.7. The first-order valence-electron chi connectivity index (χ1n) is 8.94. The van der Waals surface area contributed by atoms with Crippen molar-refractivity contribution < 1.29 is 18.3 Å². The molecule has 4 rings (SSSR count). The first-order chi connectivity index (χ1) is 13.7. The van der Waals surface area contributed by atoms with Gasteiger partial charge in [0.05, 0.1) is 7.11 Å². The number of rotatable bonds is 6. The third kappa shape index (κ3) is 3.62. The summed E-state index contributed by atoms with van der Waals surface area (Å²) < 4.78 is 21.8. The summed E-state index contributed by atoms with van der Waals surface area (Å²) in [6.45, 7) is 2.24. The van der Waals surface area contributed by atoms with Crippen LogP contribution in [0, 0.1) is 0 Å². The highest BCUT2D eigenvalue weighted by Gasteiger charge is 2.09. The maximum atomic E-state index is 11.7. The molecule has 0 amide bonds. The van der Waals surface area contributed by atoms with Crippen LogP contribution in [0.3, 0.4) is 0 Å². The molecule has 4 aromatic rings. The molecule has 2 aromatic heterocycles. The Morgan fingerprint density at radius 1 is 1.04 bits per heavy atom. The normalized spacial score (nSPS) is 10.9. The van der Waals surface area contributed by atoms with E-state index >= 15 is 0 Å². The molecule has 0 N–H and O–H groups in total. The Labute approximate surface area is 161 Å². The number of oxazole rings is 1. The molecule has 0 aliphatic heterocycles. The van der Waals surface area contributed by atoms with Gasteiger partial charge in [-0.25, -0.2) is 9.78 Å². The molecule has 0 radical (unpaired) electrons. The van der Waals surface area contributed by atoms with Gasteiger partial charge in [0, 0.05) is 23.1 Å². The van der Waals surface area contributed by atoms with Crippen molar-refractivity contribution in [2.45, 2.75) is 20.0 Å². The molecule has 0 saturated heterocycles. The fraction of sp³-hybridized carbons (Fsp3) is 0.182. The topological polar surface area (TPSA) is 74.7 Å². The van der Waals surface area contributed by atoms with Crippen molar-refractivity contribution in [3.63, 3.8) is 0 Å². The minimum atomic E-state index is -0.359. The van der Waals surface area contributed by atoms with Crippen molar-refractivity contribution in [1.82, 2.24) is 4.98 Å². The summed E-state index contributed by atoms with van der Waals surface area (Å²) in [4.78, 5) is 16.1. The molecule has 0 bridgehead atoms. The van der Waals surface area contributed by atoms with Crippen LogP contribution in [0.4, 0.5) is 0 Å². The highest BCUT2D eigenvalue weighted by molar-refractivity contribution is 5.81. The van der Waals surface area contributed by atoms with Gasteiger partial charge in [-0.15, -0.1) is 0 Å². The molecule has 2 heterocycles. The van der Waals surface area contributed by atoms with Crippen LogP contribution in [0.5, 0.6) is 11.5 Å². The lowest BCUT2D eigenvalue weighted by Crippen LogP contribution is -2.00. The van der Waals surface area contributed by atoms with Gasteiger partial charge in [0.15, 0.2) is 0 Å². The van der Waals surface area contributed by atoms with Gasteiger partial charge in [-0.2, -0.15) is 0 Å². The van der Waals surface area contributed by atoms with Crippen molar-refractivity contribution in [2.24, 2.45) is 0 Å². The number of methoxy groups -OCH3 is 1. The van der Waals surface area contributed by atoms with E-state index in [-0.39, 0.29) is 12.2 Å². The number of nitrogens with zero attached hydrogens (tertiary/aromatic N) is 1. The second-order valence-corrected chi connectivity index (χ2v) is 6.26. The SMILES string of the molecule is CCc1cc(=O)oc2cc(OCc3coc(-c4ccc(OC)cc4)n3)ccc12. The number of hydrogen-bond donors (Lipinski definition) is 0. The van der Waals surface area contributed by atoms with Gasteiger partial charge in [0.1, 0.15) is 35.6 Å². The zero-order valence-electron chi connectivity index (χ0n) is 15.6. The molecule has 6 nitrogen and oxygen atoms in total. The van der Waals surface area contributed by atoms with Crippen LogP contribution < -0.4 is 15.1 Å². The van der Waals surface area contributed by atoms with Crippen LogP contribution in [-0.2, 0) is 13.0 Å². The van der Waals surface area contributed by atoms with Gasteiger partial charge >= 0.3 is 5.63 Å². The Morgan fingerprint density at radius 2 is 1.82 bits per heavy atom. The van der Waals surface area contributed by atoms with E-state index in [1.54, 1.807) is 19.4 Å². The summed E-state index contributed by atoms with van der Waals surface area (Å²) >= 11 is 0. The fourth-order valence-corrected chi connectivity index (χ4v) is 2.99. The highest BCUT2D eigenvalue weighted by atomic mass is 16.5. The number of ether oxygens (including phenoxy) is 2. The van der Waals surface area contributed by atoms with Gasteiger partial charge < -0.3 is 18.3 Å². The van der Waals surface area contributed by atoms with Gasteiger partial charge in [0.25, 0.3) is 0 Å². The van der Waals surface area contributed by atoms with Crippen molar-refractivity contribution >= 4 is 11.0 Å². The molecular formula is C22H19NO5. The molecule has 2 aromatic carbocycles. The summed E-state index contributed by atoms with van der Waals surface area (Å²) in [5.74, 6) is 1.88. The second-order valence-electron chi connectivity index (χ2n) is 6.26. The van der Waals surface area contributed by atoms with Crippen LogP contribution in [0.25, 0.3) is 22.4 Å². The number of fused-ring (bicyclic) bond motifs is 1. The average Bonchev–Trinajstić information content (AvgIpc) is 3.20. The summed E-state index contributed by atoms with van der Waals surface area (Å²) in [6, 6.07) is 14.5. The predicted octanol–water partition coefficient (Wildman–Crippen LogP) is 4.60. The van der Waals surface area contributed by atoms with Crippen LogP contribution in [-0.4, -0.2) is 12.1 Å². The van der Waals surface area contributed by atoms with Crippen molar-refractivity contribution in [3.8, 4) is 23.0 Å². The van der Waals surface area contributed by atoms with Gasteiger partial charge in [0.2, 0.25) is 5.89 Å². The lowest BCUT2D eigenvalue weighted by molar-refractivity contribution is 0.301. The predicted molar refractivity (Wildman–Crippen MR) is 105 cm³/mol. The van der Waals surface area contributed by atoms with Crippen molar-refractivity contribution in [2.75, 3.05) is 7.11 Å². The van der Waals surface area contributed by atoms with E-state index in [1.165, 1.54) is 6.07 Å². The Balaban J connectivity index is 1.50. The summed E-state index contributed by atoms with van der Waals surface area (Å²) in [6.07, 6.45) is 2.32. The smallest absolute Gasteiger partial charge is 0.336 e. The Hall–Kier alpha value is -3.54. The Morgan fingerprint density at radius 3 is 2.57 bits per heavy atom. The molecule has 0 atom stereocenters. The molecule has 0 saturated carbocycles. The third-order valence-corrected chi connectivity index (χ3v) is 4.46. The summed E-state index contributed by atoms with van der Waals surface area (Å²) in [5.41, 5.74) is 2.63. The number of benzene rings is 2. The molecule has 6 heteroatoms. The molecule has 0 aliphatic carbocycles. The van der Waals surface area contributed by atoms with Crippen LogP contribution in [0.2, 0.25) is 0 Å². The Bertz CT molecular complexity index is 1160. The molecule has 0 aliphatic rings. The maximum Gasteiger partial charge on any atom is 0.336 e. The van der Waals surface area contributed by atoms with E-state index in [2.05, 4.69) is 4.98 Å². The van der Waals surface area contributed by atoms with Gasteiger partial charge in [-0.1, -0.05) is 6.92 Å². The fourth-order valence-electron chi connectivity index (χ4n) is 2.99. The quantitative estimate of drug-likeness (QED) is 0.457. The monoisotopic (exact) mass is 377 g/mol. The molecule has 0 unspecified atom stereocenters. The third-order valence-electron chi connectivity index (χ3n) is 4.46. The van der Waals surface area contributed by atoms with E-state index in [4.69, 9.17) is 18.3 Å². The van der Waals surface area contributed by atoms with E-state index in [1.807, 2.05) is 43.3 Å². The molecule has 142 valence electrons. The lowest BCUT2D eigenvalue weighted by atomic mass is 10.1. The zero-order chi connectivity index (χ0) is 19.5. The average molecular weight is 377 g/mol. The van der Waals surface area contributed by atoms with E-state index in [0.717, 1.165) is 28.7 Å². The van der Waals surface area contributed by atoms with E-state index in [0.29, 0.717) is 22.9 Å².